The van der Waals surface area contributed by atoms with Crippen molar-refractivity contribution in [3.8, 4) is 16.3 Å². The summed E-state index contributed by atoms with van der Waals surface area (Å²) in [5, 5.41) is 5.97. The van der Waals surface area contributed by atoms with Crippen LogP contribution in [0.3, 0.4) is 0 Å². The van der Waals surface area contributed by atoms with Gasteiger partial charge in [-0.2, -0.15) is 0 Å². The van der Waals surface area contributed by atoms with Gasteiger partial charge in [-0.05, 0) is 49.6 Å². The minimum absolute atomic E-state index is 0.310. The molecule has 6 heteroatoms. The Morgan fingerprint density at radius 2 is 2.00 bits per heavy atom. The first kappa shape index (κ1) is 17.9. The van der Waals surface area contributed by atoms with Gasteiger partial charge in [0, 0.05) is 17.5 Å². The third-order valence-corrected chi connectivity index (χ3v) is 5.45. The molecule has 1 amide bonds. The maximum Gasteiger partial charge on any atom is 0.268 e. The predicted octanol–water partition coefficient (Wildman–Crippen LogP) is 3.46. The van der Waals surface area contributed by atoms with Crippen molar-refractivity contribution in [1.29, 1.82) is 0 Å². The summed E-state index contributed by atoms with van der Waals surface area (Å²) in [6.45, 7) is 2.64. The van der Waals surface area contributed by atoms with Crippen LogP contribution in [0.4, 0.5) is 0 Å². The van der Waals surface area contributed by atoms with Crippen LogP contribution in [0.1, 0.15) is 42.6 Å². The third kappa shape index (κ3) is 5.28. The Labute approximate surface area is 152 Å². The molecular formula is C19H25N3O2S. The predicted molar refractivity (Wildman–Crippen MR) is 101 cm³/mol. The molecular weight excluding hydrogens is 334 g/mol. The van der Waals surface area contributed by atoms with Gasteiger partial charge in [0.2, 0.25) is 0 Å². The van der Waals surface area contributed by atoms with Gasteiger partial charge in [-0.25, -0.2) is 4.98 Å². The number of nitrogens with two attached hydrogens (primary N) is 1. The number of amides is 1. The fraction of sp³-hybridized carbons (Fsp3) is 0.474. The molecule has 1 heterocycles. The zero-order valence-electron chi connectivity index (χ0n) is 14.4. The summed E-state index contributed by atoms with van der Waals surface area (Å²) in [5.74, 6) is 1.19. The molecule has 134 valence electrons. The second-order valence-electron chi connectivity index (χ2n) is 6.48. The number of rotatable bonds is 8. The molecule has 3 N–H and O–H groups in total. The smallest absolute Gasteiger partial charge is 0.268 e. The SMILES string of the molecule is NC(=O)c1csc(-c2ccc(OCCNCC3CCCCC3)cc2)n1. The van der Waals surface area contributed by atoms with Gasteiger partial charge in [-0.15, -0.1) is 11.3 Å². The van der Waals surface area contributed by atoms with Crippen LogP contribution in [0, 0.1) is 5.92 Å². The van der Waals surface area contributed by atoms with Crippen molar-refractivity contribution in [2.24, 2.45) is 11.7 Å². The molecule has 5 nitrogen and oxygen atoms in total. The van der Waals surface area contributed by atoms with E-state index in [4.69, 9.17) is 10.5 Å². The molecule has 1 aromatic heterocycles. The second-order valence-corrected chi connectivity index (χ2v) is 7.34. The number of benzene rings is 1. The number of nitrogens with zero attached hydrogens (tertiary/aromatic N) is 1. The lowest BCUT2D eigenvalue weighted by Gasteiger charge is -2.21. The van der Waals surface area contributed by atoms with E-state index in [0.717, 1.165) is 35.3 Å². The molecule has 1 aromatic carbocycles. The molecule has 0 aliphatic heterocycles. The Morgan fingerprint density at radius 3 is 2.68 bits per heavy atom. The van der Waals surface area contributed by atoms with Crippen molar-refractivity contribution in [3.05, 3.63) is 35.3 Å². The van der Waals surface area contributed by atoms with Crippen LogP contribution in [0.25, 0.3) is 10.6 Å². The largest absolute Gasteiger partial charge is 0.492 e. The van der Waals surface area contributed by atoms with Gasteiger partial charge < -0.3 is 15.8 Å². The highest BCUT2D eigenvalue weighted by Crippen LogP contribution is 2.26. The van der Waals surface area contributed by atoms with Crippen LogP contribution in [0.5, 0.6) is 5.75 Å². The number of nitrogens with one attached hydrogen (secondary N) is 1. The van der Waals surface area contributed by atoms with E-state index in [9.17, 15) is 4.79 Å². The number of thiazole rings is 1. The lowest BCUT2D eigenvalue weighted by atomic mass is 9.89. The minimum Gasteiger partial charge on any atom is -0.492 e. The number of hydrogen-bond donors (Lipinski definition) is 2. The highest BCUT2D eigenvalue weighted by molar-refractivity contribution is 7.13. The van der Waals surface area contributed by atoms with Crippen molar-refractivity contribution in [2.45, 2.75) is 32.1 Å². The van der Waals surface area contributed by atoms with Gasteiger partial charge in [0.1, 0.15) is 23.1 Å². The van der Waals surface area contributed by atoms with E-state index >= 15 is 0 Å². The Bertz CT molecular complexity index is 678. The number of ether oxygens (including phenoxy) is 1. The van der Waals surface area contributed by atoms with Crippen molar-refractivity contribution >= 4 is 17.2 Å². The summed E-state index contributed by atoms with van der Waals surface area (Å²) in [5.41, 5.74) is 6.50. The van der Waals surface area contributed by atoms with E-state index in [2.05, 4.69) is 10.3 Å². The Kier molecular flexibility index (Phi) is 6.42. The molecule has 1 fully saturated rings. The zero-order chi connectivity index (χ0) is 17.5. The van der Waals surface area contributed by atoms with Crippen molar-refractivity contribution in [2.75, 3.05) is 19.7 Å². The third-order valence-electron chi connectivity index (χ3n) is 4.56. The van der Waals surface area contributed by atoms with Crippen molar-refractivity contribution in [3.63, 3.8) is 0 Å². The molecule has 3 rings (SSSR count). The zero-order valence-corrected chi connectivity index (χ0v) is 15.2. The molecule has 0 spiro atoms. The maximum absolute atomic E-state index is 11.1. The maximum atomic E-state index is 11.1. The molecule has 0 saturated heterocycles. The van der Waals surface area contributed by atoms with Crippen LogP contribution in [-0.2, 0) is 0 Å². The fourth-order valence-electron chi connectivity index (χ4n) is 3.15. The van der Waals surface area contributed by atoms with Crippen molar-refractivity contribution in [1.82, 2.24) is 10.3 Å². The molecule has 1 saturated carbocycles. The second kappa shape index (κ2) is 8.97. The van der Waals surface area contributed by atoms with Crippen molar-refractivity contribution < 1.29 is 9.53 Å². The van der Waals surface area contributed by atoms with Crippen LogP contribution in [0.2, 0.25) is 0 Å². The average molecular weight is 359 g/mol. The van der Waals surface area contributed by atoms with Gasteiger partial charge in [0.25, 0.3) is 5.91 Å². The van der Waals surface area contributed by atoms with E-state index in [1.54, 1.807) is 5.38 Å². The molecule has 1 aliphatic carbocycles. The molecule has 0 bridgehead atoms. The number of carbonyl (C=O) groups is 1. The Morgan fingerprint density at radius 1 is 1.24 bits per heavy atom. The average Bonchev–Trinajstić information content (AvgIpc) is 3.13. The highest BCUT2D eigenvalue weighted by atomic mass is 32.1. The lowest BCUT2D eigenvalue weighted by Crippen LogP contribution is -2.28. The summed E-state index contributed by atoms with van der Waals surface area (Å²) in [7, 11) is 0. The van der Waals surface area contributed by atoms with E-state index in [0.29, 0.717) is 12.3 Å². The molecule has 25 heavy (non-hydrogen) atoms. The van der Waals surface area contributed by atoms with E-state index < -0.39 is 5.91 Å². The first-order valence-corrected chi connectivity index (χ1v) is 9.79. The van der Waals surface area contributed by atoms with Gasteiger partial charge in [-0.1, -0.05) is 19.3 Å². The van der Waals surface area contributed by atoms with Gasteiger partial charge in [0.05, 0.1) is 0 Å². The molecule has 2 aromatic rings. The first-order chi connectivity index (χ1) is 12.2. The van der Waals surface area contributed by atoms with E-state index in [-0.39, 0.29) is 0 Å². The van der Waals surface area contributed by atoms with Gasteiger partial charge in [0.15, 0.2) is 0 Å². The molecule has 1 aliphatic rings. The number of hydrogen-bond acceptors (Lipinski definition) is 5. The Balaban J connectivity index is 1.40. The number of primary amides is 1. The fourth-order valence-corrected chi connectivity index (χ4v) is 3.97. The Hall–Kier alpha value is -1.92. The van der Waals surface area contributed by atoms with Gasteiger partial charge >= 0.3 is 0 Å². The molecule has 0 radical (unpaired) electrons. The van der Waals surface area contributed by atoms with Gasteiger partial charge in [-0.3, -0.25) is 4.79 Å². The van der Waals surface area contributed by atoms with Crippen LogP contribution < -0.4 is 15.8 Å². The standard InChI is InChI=1S/C19H25N3O2S/c20-18(23)17-13-25-19(22-17)15-6-8-16(9-7-15)24-11-10-21-12-14-4-2-1-3-5-14/h6-9,13-14,21H,1-5,10-12H2,(H2,20,23). The monoisotopic (exact) mass is 359 g/mol. The summed E-state index contributed by atoms with van der Waals surface area (Å²) >= 11 is 1.41. The van der Waals surface area contributed by atoms with E-state index in [1.807, 2.05) is 24.3 Å². The normalized spacial score (nSPS) is 15.2. The molecule has 0 unspecified atom stereocenters. The number of carbonyl (C=O) groups excluding carboxylic acids is 1. The summed E-state index contributed by atoms with van der Waals surface area (Å²) in [6, 6.07) is 7.77. The summed E-state index contributed by atoms with van der Waals surface area (Å²) < 4.78 is 5.78. The summed E-state index contributed by atoms with van der Waals surface area (Å²) in [6.07, 6.45) is 6.90. The lowest BCUT2D eigenvalue weighted by molar-refractivity contribution is 0.0996. The van der Waals surface area contributed by atoms with Crippen LogP contribution >= 0.6 is 11.3 Å². The quantitative estimate of drug-likeness (QED) is 0.708. The first-order valence-electron chi connectivity index (χ1n) is 8.91. The van der Waals surface area contributed by atoms with Crippen LogP contribution in [0.15, 0.2) is 29.6 Å². The summed E-state index contributed by atoms with van der Waals surface area (Å²) in [4.78, 5) is 15.3. The van der Waals surface area contributed by atoms with Crippen LogP contribution in [-0.4, -0.2) is 30.6 Å². The van der Waals surface area contributed by atoms with E-state index in [1.165, 1.54) is 43.4 Å². The minimum atomic E-state index is -0.497. The molecule has 0 atom stereocenters. The highest BCUT2D eigenvalue weighted by Gasteiger charge is 2.12. The number of aromatic nitrogens is 1. The topological polar surface area (TPSA) is 77.2 Å².